The molecule has 3 aromatic heterocycles. The van der Waals surface area contributed by atoms with E-state index in [2.05, 4.69) is 154 Å². The summed E-state index contributed by atoms with van der Waals surface area (Å²) < 4.78 is 11.2. The van der Waals surface area contributed by atoms with Gasteiger partial charge in [0.05, 0.1) is 16.1 Å². The summed E-state index contributed by atoms with van der Waals surface area (Å²) >= 11 is 1.59. The minimum absolute atomic E-state index is 0.207. The van der Waals surface area contributed by atoms with Gasteiger partial charge in [-0.15, -0.1) is 0 Å². The van der Waals surface area contributed by atoms with Crippen LogP contribution in [0.3, 0.4) is 0 Å². The van der Waals surface area contributed by atoms with Crippen molar-refractivity contribution in [3.05, 3.63) is 126 Å². The Morgan fingerprint density at radius 3 is 1.81 bits per heavy atom. The lowest BCUT2D eigenvalue weighted by Crippen LogP contribution is -2.19. The first kappa shape index (κ1) is 50.5. The van der Waals surface area contributed by atoms with E-state index in [9.17, 15) is 0 Å². The zero-order valence-corrected chi connectivity index (χ0v) is 39.2. The molecule has 8 rings (SSSR count). The molecule has 6 heteroatoms. The van der Waals surface area contributed by atoms with Crippen LogP contribution in [0.5, 0.6) is 0 Å². The van der Waals surface area contributed by atoms with E-state index >= 15 is 0 Å². The first-order chi connectivity index (χ1) is 27.4. The summed E-state index contributed by atoms with van der Waals surface area (Å²) in [4.78, 5) is 12.4. The number of nitrogens with one attached hydrogen (secondary N) is 1. The predicted octanol–water partition coefficient (Wildman–Crippen LogP) is 17.1. The van der Waals surface area contributed by atoms with Gasteiger partial charge in [-0.25, -0.2) is 4.98 Å². The third-order valence-electron chi connectivity index (χ3n) is 8.40. The molecule has 5 nitrogen and oxygen atoms in total. The highest BCUT2D eigenvalue weighted by molar-refractivity contribution is 7.13. The second-order valence-electron chi connectivity index (χ2n) is 14.5. The fourth-order valence-corrected chi connectivity index (χ4v) is 6.35. The van der Waals surface area contributed by atoms with Gasteiger partial charge in [0.25, 0.3) is 0 Å². The average Bonchev–Trinajstić information content (AvgIpc) is 4.06. The third kappa shape index (κ3) is 15.4. The minimum atomic E-state index is 0.207. The van der Waals surface area contributed by atoms with Crippen LogP contribution in [0.25, 0.3) is 32.1 Å². The molecule has 0 fully saturated rings. The van der Waals surface area contributed by atoms with Crippen LogP contribution in [-0.2, 0) is 6.42 Å². The number of hydrogen-bond acceptors (Lipinski definition) is 5. The standard InChI is InChI=1S/C12H15N.C11H13N.C10H11NO.C10H11NS.4C2H6/c1-12(2,3)11-8-9-6-4-5-7-10(9)13-11;1-8(2)11-7-9-5-3-4-6-10(9)12-11;1-7(2)10-11-8-5-3-4-6-9(8)12-10;1-7(2)10-8-5-3-4-6-9(8)12-11-10;4*1-2/h4-7H,8H2,1-3H3;3-8,12H,1-2H3;2*3-7H,1-2H3;4*1-2H3. The Hall–Kier alpha value is -4.55. The molecule has 0 unspecified atom stereocenters. The van der Waals surface area contributed by atoms with Crippen LogP contribution in [0.1, 0.15) is 158 Å². The first-order valence-electron chi connectivity index (χ1n) is 21.3. The van der Waals surface area contributed by atoms with Crippen LogP contribution in [-0.4, -0.2) is 20.1 Å². The fourth-order valence-electron chi connectivity index (χ4n) is 5.43. The van der Waals surface area contributed by atoms with Crippen molar-refractivity contribution in [3.8, 4) is 0 Å². The van der Waals surface area contributed by atoms with E-state index in [1.807, 2.05) is 85.7 Å². The van der Waals surface area contributed by atoms with Gasteiger partial charge in [-0.1, -0.05) is 184 Å². The van der Waals surface area contributed by atoms with E-state index in [-0.39, 0.29) is 5.41 Å². The molecule has 1 aliphatic rings. The summed E-state index contributed by atoms with van der Waals surface area (Å²) in [5.41, 5.74) is 9.64. The van der Waals surface area contributed by atoms with Crippen molar-refractivity contribution >= 4 is 55.0 Å². The molecule has 0 radical (unpaired) electrons. The van der Waals surface area contributed by atoms with Crippen molar-refractivity contribution in [2.24, 2.45) is 10.4 Å². The van der Waals surface area contributed by atoms with Gasteiger partial charge in [0.15, 0.2) is 11.5 Å². The molecule has 7 aromatic rings. The molecule has 0 atom stereocenters. The molecule has 0 aliphatic carbocycles. The number of aliphatic imine (C=N–C) groups is 1. The summed E-state index contributed by atoms with van der Waals surface area (Å²) in [6.45, 7) is 35.6. The molecule has 1 N–H and O–H groups in total. The van der Waals surface area contributed by atoms with E-state index in [1.54, 1.807) is 11.5 Å². The Bertz CT molecular complexity index is 1980. The first-order valence-corrected chi connectivity index (χ1v) is 22.1. The van der Waals surface area contributed by atoms with E-state index in [0.29, 0.717) is 17.8 Å². The number of benzene rings is 4. The molecule has 0 saturated heterocycles. The highest BCUT2D eigenvalue weighted by Gasteiger charge is 2.24. The molecule has 310 valence electrons. The van der Waals surface area contributed by atoms with Gasteiger partial charge in [-0.05, 0) is 70.7 Å². The third-order valence-corrected chi connectivity index (χ3v) is 9.24. The van der Waals surface area contributed by atoms with Crippen molar-refractivity contribution < 1.29 is 4.42 Å². The zero-order valence-electron chi connectivity index (χ0n) is 38.4. The van der Waals surface area contributed by atoms with Gasteiger partial charge in [0, 0.05) is 40.1 Å². The molecule has 1 aliphatic heterocycles. The second-order valence-corrected chi connectivity index (χ2v) is 15.3. The highest BCUT2D eigenvalue weighted by atomic mass is 32.1. The number of hydrogen-bond donors (Lipinski definition) is 1. The SMILES string of the molecule is CC.CC.CC.CC.CC(C)(C)C1=Nc2ccccc2C1.CC(C)c1cc2ccccc2[nH]1.CC(C)c1nc2ccccc2o1.CC(C)c1nsc2ccccc12. The van der Waals surface area contributed by atoms with Crippen molar-refractivity contribution in [3.63, 3.8) is 0 Å². The van der Waals surface area contributed by atoms with E-state index in [1.165, 1.54) is 43.7 Å². The molecule has 0 spiro atoms. The lowest BCUT2D eigenvalue weighted by molar-refractivity contribution is 0.501. The topological polar surface area (TPSA) is 67.1 Å². The summed E-state index contributed by atoms with van der Waals surface area (Å²) in [6, 6.07) is 35.2. The maximum absolute atomic E-state index is 5.52. The van der Waals surface area contributed by atoms with Crippen LogP contribution in [0.2, 0.25) is 0 Å². The second kappa shape index (κ2) is 26.4. The largest absolute Gasteiger partial charge is 0.440 e. The fraction of sp³-hybridized carbons (Fsp3) is 0.431. The smallest absolute Gasteiger partial charge is 0.198 e. The molecular weight excluding hydrogens is 717 g/mol. The zero-order chi connectivity index (χ0) is 43.1. The maximum atomic E-state index is 5.52. The molecule has 4 heterocycles. The van der Waals surface area contributed by atoms with Gasteiger partial charge in [-0.3, -0.25) is 4.99 Å². The number of aromatic amines is 1. The van der Waals surface area contributed by atoms with Gasteiger partial charge >= 0.3 is 0 Å². The summed E-state index contributed by atoms with van der Waals surface area (Å²) in [7, 11) is 0. The number of rotatable bonds is 3. The van der Waals surface area contributed by atoms with E-state index < -0.39 is 0 Å². The number of nitrogens with zero attached hydrogens (tertiary/aromatic N) is 3. The van der Waals surface area contributed by atoms with Gasteiger partial charge in [0.1, 0.15) is 5.52 Å². The van der Waals surface area contributed by atoms with Crippen molar-refractivity contribution in [2.75, 3.05) is 0 Å². The Balaban J connectivity index is 0.000000358. The molecule has 0 saturated carbocycles. The summed E-state index contributed by atoms with van der Waals surface area (Å²) in [5.74, 6) is 2.28. The van der Waals surface area contributed by atoms with Crippen LogP contribution in [0.15, 0.2) is 113 Å². The maximum Gasteiger partial charge on any atom is 0.198 e. The van der Waals surface area contributed by atoms with Gasteiger partial charge in [-0.2, -0.15) is 4.37 Å². The monoisotopic (exact) mass is 791 g/mol. The number of H-pyrrole nitrogens is 1. The number of oxazole rings is 1. The molecule has 4 aromatic carbocycles. The normalized spacial score (nSPS) is 11.1. The van der Waals surface area contributed by atoms with Gasteiger partial charge < -0.3 is 9.40 Å². The number of fused-ring (bicyclic) bond motifs is 4. The molecule has 57 heavy (non-hydrogen) atoms. The summed E-state index contributed by atoms with van der Waals surface area (Å²) in [5, 5.41) is 2.62. The van der Waals surface area contributed by atoms with E-state index in [0.717, 1.165) is 29.1 Å². The average molecular weight is 791 g/mol. The Kier molecular flexibility index (Phi) is 23.4. The number of aromatic nitrogens is 3. The van der Waals surface area contributed by atoms with Crippen LogP contribution >= 0.6 is 11.5 Å². The predicted molar refractivity (Wildman–Crippen MR) is 256 cm³/mol. The Morgan fingerprint density at radius 2 is 1.23 bits per heavy atom. The lowest BCUT2D eigenvalue weighted by atomic mass is 9.87. The van der Waals surface area contributed by atoms with Crippen LogP contribution in [0.4, 0.5) is 5.69 Å². The van der Waals surface area contributed by atoms with Gasteiger partial charge in [0.2, 0.25) is 0 Å². The van der Waals surface area contributed by atoms with E-state index in [4.69, 9.17) is 4.42 Å². The van der Waals surface area contributed by atoms with Crippen LogP contribution < -0.4 is 0 Å². The van der Waals surface area contributed by atoms with Crippen LogP contribution in [0, 0.1) is 5.41 Å². The Morgan fingerprint density at radius 1 is 0.649 bits per heavy atom. The van der Waals surface area contributed by atoms with Crippen molar-refractivity contribution in [1.82, 2.24) is 14.3 Å². The number of para-hydroxylation sites is 4. The minimum Gasteiger partial charge on any atom is -0.440 e. The van der Waals surface area contributed by atoms with Crippen molar-refractivity contribution in [1.29, 1.82) is 0 Å². The molecule has 0 amide bonds. The molecular formula is C51H74N4OS. The van der Waals surface area contributed by atoms with Crippen molar-refractivity contribution in [2.45, 2.75) is 142 Å². The molecule has 0 bridgehead atoms. The quantitative estimate of drug-likeness (QED) is 0.194. The lowest BCUT2D eigenvalue weighted by Gasteiger charge is -2.17. The Labute approximate surface area is 350 Å². The summed E-state index contributed by atoms with van der Waals surface area (Å²) in [6.07, 6.45) is 1.03. The highest BCUT2D eigenvalue weighted by Crippen LogP contribution is 2.32.